The van der Waals surface area contributed by atoms with Crippen molar-refractivity contribution >= 4 is 17.9 Å². The van der Waals surface area contributed by atoms with Gasteiger partial charge in [-0.25, -0.2) is 0 Å². The molecule has 6 nitrogen and oxygen atoms in total. The fraction of sp³-hybridized carbons (Fsp3) is 0.831. The van der Waals surface area contributed by atoms with Crippen LogP contribution >= 0.6 is 0 Å². The zero-order valence-corrected chi connectivity index (χ0v) is 47.5. The molecule has 0 aromatic carbocycles. The van der Waals surface area contributed by atoms with Crippen LogP contribution < -0.4 is 0 Å². The topological polar surface area (TPSA) is 78.9 Å². The summed E-state index contributed by atoms with van der Waals surface area (Å²) < 4.78 is 16.8. The highest BCUT2D eigenvalue weighted by atomic mass is 16.6. The second-order valence-corrected chi connectivity index (χ2v) is 21.0. The van der Waals surface area contributed by atoms with Gasteiger partial charge in [0.25, 0.3) is 0 Å². The van der Waals surface area contributed by atoms with Crippen molar-refractivity contribution in [3.8, 4) is 0 Å². The van der Waals surface area contributed by atoms with E-state index in [0.29, 0.717) is 19.3 Å². The maximum Gasteiger partial charge on any atom is 0.306 e. The van der Waals surface area contributed by atoms with Crippen molar-refractivity contribution in [3.05, 3.63) is 48.6 Å². The van der Waals surface area contributed by atoms with Crippen LogP contribution in [-0.4, -0.2) is 37.2 Å². The molecule has 0 aliphatic carbocycles. The lowest BCUT2D eigenvalue weighted by Crippen LogP contribution is -2.30. The lowest BCUT2D eigenvalue weighted by Gasteiger charge is -2.18. The van der Waals surface area contributed by atoms with E-state index in [9.17, 15) is 14.4 Å². The number of carbonyl (C=O) groups is 3. The Kier molecular flexibility index (Phi) is 57.7. The summed E-state index contributed by atoms with van der Waals surface area (Å²) in [4.78, 5) is 38.0. The summed E-state index contributed by atoms with van der Waals surface area (Å²) in [5.41, 5.74) is 0. The van der Waals surface area contributed by atoms with Gasteiger partial charge in [-0.15, -0.1) is 0 Å². The van der Waals surface area contributed by atoms with Crippen molar-refractivity contribution in [2.75, 3.05) is 13.2 Å². The largest absolute Gasteiger partial charge is 0.462 e. The first-order valence-corrected chi connectivity index (χ1v) is 31.1. The van der Waals surface area contributed by atoms with Crippen LogP contribution in [0.2, 0.25) is 0 Å². The van der Waals surface area contributed by atoms with Gasteiger partial charge in [0.05, 0.1) is 0 Å². The molecule has 0 aromatic heterocycles. The van der Waals surface area contributed by atoms with Gasteiger partial charge in [-0.1, -0.05) is 301 Å². The third-order valence-electron chi connectivity index (χ3n) is 13.8. The SMILES string of the molecule is CC/C=C\C/C=C\C/C=C\C/C=C\CCCCCCCCCCCCCCC(=O)OCC(COC(=O)CCCCCCCCC)OC(=O)CCCCCCCCCCCCCCCCCCCCCCC. The number of hydrogen-bond acceptors (Lipinski definition) is 6. The first-order chi connectivity index (χ1) is 35.0. The Labute approximate surface area is 441 Å². The molecular weight excluding hydrogens is 877 g/mol. The van der Waals surface area contributed by atoms with Crippen molar-refractivity contribution in [3.63, 3.8) is 0 Å². The van der Waals surface area contributed by atoms with Crippen LogP contribution in [0.1, 0.15) is 329 Å². The lowest BCUT2D eigenvalue weighted by molar-refractivity contribution is -0.167. The molecular formula is C65H118O6. The summed E-state index contributed by atoms with van der Waals surface area (Å²) in [6, 6.07) is 0. The summed E-state index contributed by atoms with van der Waals surface area (Å²) in [5, 5.41) is 0. The Morgan fingerprint density at radius 3 is 0.859 bits per heavy atom. The lowest BCUT2D eigenvalue weighted by atomic mass is 10.0. The zero-order valence-electron chi connectivity index (χ0n) is 47.5. The Bertz CT molecular complexity index is 1230. The van der Waals surface area contributed by atoms with E-state index in [2.05, 4.69) is 69.4 Å². The molecule has 1 atom stereocenters. The fourth-order valence-corrected chi connectivity index (χ4v) is 9.20. The van der Waals surface area contributed by atoms with E-state index < -0.39 is 6.10 Å². The molecule has 0 fully saturated rings. The number of ether oxygens (including phenoxy) is 3. The minimum absolute atomic E-state index is 0.0691. The van der Waals surface area contributed by atoms with Crippen LogP contribution in [0.4, 0.5) is 0 Å². The monoisotopic (exact) mass is 995 g/mol. The van der Waals surface area contributed by atoms with E-state index in [1.54, 1.807) is 0 Å². The van der Waals surface area contributed by atoms with Gasteiger partial charge >= 0.3 is 17.9 Å². The second-order valence-electron chi connectivity index (χ2n) is 21.0. The molecule has 6 heteroatoms. The summed E-state index contributed by atoms with van der Waals surface area (Å²) in [6.45, 7) is 6.53. The normalized spacial score (nSPS) is 12.3. The highest BCUT2D eigenvalue weighted by Crippen LogP contribution is 2.17. The van der Waals surface area contributed by atoms with E-state index in [1.165, 1.54) is 205 Å². The van der Waals surface area contributed by atoms with Crippen LogP contribution in [-0.2, 0) is 28.6 Å². The van der Waals surface area contributed by atoms with E-state index in [1.807, 2.05) is 0 Å². The molecule has 0 spiro atoms. The second kappa shape index (κ2) is 59.9. The molecule has 0 bridgehead atoms. The van der Waals surface area contributed by atoms with Gasteiger partial charge in [0.2, 0.25) is 0 Å². The molecule has 1 unspecified atom stereocenters. The maximum atomic E-state index is 12.8. The molecule has 0 saturated heterocycles. The summed E-state index contributed by atoms with van der Waals surface area (Å²) >= 11 is 0. The van der Waals surface area contributed by atoms with E-state index in [-0.39, 0.29) is 31.1 Å². The molecule has 0 aliphatic heterocycles. The van der Waals surface area contributed by atoms with Crippen LogP contribution in [0.3, 0.4) is 0 Å². The van der Waals surface area contributed by atoms with Crippen molar-refractivity contribution in [2.24, 2.45) is 0 Å². The van der Waals surface area contributed by atoms with Gasteiger partial charge in [-0.3, -0.25) is 14.4 Å². The Morgan fingerprint density at radius 1 is 0.296 bits per heavy atom. The van der Waals surface area contributed by atoms with Crippen LogP contribution in [0.5, 0.6) is 0 Å². The molecule has 0 rings (SSSR count). The summed E-state index contributed by atoms with van der Waals surface area (Å²) in [5.74, 6) is -0.858. The van der Waals surface area contributed by atoms with Gasteiger partial charge < -0.3 is 14.2 Å². The van der Waals surface area contributed by atoms with Crippen molar-refractivity contribution in [1.82, 2.24) is 0 Å². The predicted octanol–water partition coefficient (Wildman–Crippen LogP) is 21.0. The first kappa shape index (κ1) is 68.4. The molecule has 0 amide bonds. The predicted molar refractivity (Wildman–Crippen MR) is 307 cm³/mol. The number of esters is 3. The minimum Gasteiger partial charge on any atom is -0.462 e. The van der Waals surface area contributed by atoms with E-state index in [0.717, 1.165) is 83.5 Å². The van der Waals surface area contributed by atoms with Crippen molar-refractivity contribution in [2.45, 2.75) is 335 Å². The number of hydrogen-bond donors (Lipinski definition) is 0. The highest BCUT2D eigenvalue weighted by Gasteiger charge is 2.19. The third-order valence-corrected chi connectivity index (χ3v) is 13.8. The van der Waals surface area contributed by atoms with Crippen molar-refractivity contribution < 1.29 is 28.6 Å². The van der Waals surface area contributed by atoms with Crippen LogP contribution in [0.25, 0.3) is 0 Å². The van der Waals surface area contributed by atoms with Crippen LogP contribution in [0, 0.1) is 0 Å². The van der Waals surface area contributed by atoms with Gasteiger partial charge in [0.1, 0.15) is 13.2 Å². The molecule has 414 valence electrons. The number of allylic oxidation sites excluding steroid dienone is 8. The standard InChI is InChI=1S/C65H118O6/c1-4-7-10-13-16-18-20-22-24-26-28-30-31-32-33-35-36-38-40-42-44-46-49-52-55-58-64(67)70-61-62(60-69-63(66)57-54-51-48-15-12-9-6-3)71-65(68)59-56-53-50-47-45-43-41-39-37-34-29-27-25-23-21-19-17-14-11-8-5-2/h7,10,16,18,22,24,28,30,62H,4-6,8-9,11-15,17,19-21,23,25-27,29,31-61H2,1-3H3/b10-7-,18-16-,24-22-,30-28-. The summed E-state index contributed by atoms with van der Waals surface area (Å²) in [6.07, 6.45) is 74.3. The van der Waals surface area contributed by atoms with Crippen LogP contribution in [0.15, 0.2) is 48.6 Å². The number of unbranched alkanes of at least 4 members (excludes halogenated alkanes) is 38. The smallest absolute Gasteiger partial charge is 0.306 e. The van der Waals surface area contributed by atoms with E-state index >= 15 is 0 Å². The average Bonchev–Trinajstić information content (AvgIpc) is 3.37. The molecule has 0 radical (unpaired) electrons. The quantitative estimate of drug-likeness (QED) is 0.0261. The number of carbonyl (C=O) groups excluding carboxylic acids is 3. The first-order valence-electron chi connectivity index (χ1n) is 31.1. The Morgan fingerprint density at radius 2 is 0.549 bits per heavy atom. The fourth-order valence-electron chi connectivity index (χ4n) is 9.20. The Hall–Kier alpha value is -2.63. The van der Waals surface area contributed by atoms with Gasteiger partial charge in [0, 0.05) is 19.3 Å². The van der Waals surface area contributed by atoms with Gasteiger partial charge in [0.15, 0.2) is 6.10 Å². The maximum absolute atomic E-state index is 12.8. The third kappa shape index (κ3) is 58.1. The molecule has 0 saturated carbocycles. The Balaban J connectivity index is 4.11. The highest BCUT2D eigenvalue weighted by molar-refractivity contribution is 5.71. The van der Waals surface area contributed by atoms with E-state index in [4.69, 9.17) is 14.2 Å². The van der Waals surface area contributed by atoms with Gasteiger partial charge in [-0.05, 0) is 57.8 Å². The molecule has 0 aromatic rings. The average molecular weight is 996 g/mol. The zero-order chi connectivity index (χ0) is 51.4. The molecule has 0 N–H and O–H groups in total. The minimum atomic E-state index is -0.768. The molecule has 0 aliphatic rings. The molecule has 0 heterocycles. The summed E-state index contributed by atoms with van der Waals surface area (Å²) in [7, 11) is 0. The van der Waals surface area contributed by atoms with Crippen molar-refractivity contribution in [1.29, 1.82) is 0 Å². The number of rotatable bonds is 57. The molecule has 71 heavy (non-hydrogen) atoms. The van der Waals surface area contributed by atoms with Gasteiger partial charge in [-0.2, -0.15) is 0 Å².